The van der Waals surface area contributed by atoms with Gasteiger partial charge < -0.3 is 0 Å². The second-order valence-corrected chi connectivity index (χ2v) is 58.7. The first-order valence-electron chi connectivity index (χ1n) is 22.2. The Balaban J connectivity index is 1.58. The van der Waals surface area contributed by atoms with E-state index >= 15 is 0 Å². The molecule has 0 radical (unpaired) electrons. The molecule has 0 saturated carbocycles. The summed E-state index contributed by atoms with van der Waals surface area (Å²) in [6.07, 6.45) is -1.52. The molecule has 2 saturated heterocycles. The summed E-state index contributed by atoms with van der Waals surface area (Å²) in [6.45, 7) is 15.9. The molecular weight excluding hydrogens is 1190 g/mol. The maximum atomic E-state index is 8.31. The third-order valence-electron chi connectivity index (χ3n) is 10.2. The van der Waals surface area contributed by atoms with Crippen LogP contribution in [0.1, 0.15) is 55.4 Å². The van der Waals surface area contributed by atoms with Crippen LogP contribution >= 0.6 is 0 Å². The standard InChI is InChI=1S/C48H58Ge6O11/c1-39(2)55-49(43-27-15-9-16-28-43)59-50(56-40(3)4,44-29-17-10-18-30-44)62-54(48-37-25-14-26-38-48)64-52(58-42(7)8,46-33-21-12-22-34-46)60-51(57-41(5)6,45-31-19-11-20-32-45)63-53(61-49,65-54)47-35-23-13-24-36-47/h9-42H,1-8H3. The molecule has 6 aromatic rings. The molecule has 65 heavy (non-hydrogen) atoms. The Kier molecular flexibility index (Phi) is 16.0. The zero-order chi connectivity index (χ0) is 45.8. The zero-order valence-corrected chi connectivity index (χ0v) is 50.7. The van der Waals surface area contributed by atoms with Crippen LogP contribution in [0.4, 0.5) is 0 Å². The predicted octanol–water partition coefficient (Wildman–Crippen LogP) is 5.91. The van der Waals surface area contributed by atoms with Crippen molar-refractivity contribution in [3.63, 3.8) is 0 Å². The molecule has 2 aliphatic heterocycles. The molecule has 2 aliphatic rings. The molecule has 0 amide bonds. The quantitative estimate of drug-likeness (QED) is 0.122. The molecule has 11 nitrogen and oxygen atoms in total. The Morgan fingerprint density at radius 2 is 0.431 bits per heavy atom. The summed E-state index contributed by atoms with van der Waals surface area (Å²) in [5, 5.41) is 0. The van der Waals surface area contributed by atoms with E-state index in [1.54, 1.807) is 0 Å². The summed E-state index contributed by atoms with van der Waals surface area (Å²) in [5.41, 5.74) is 0. The van der Waals surface area contributed by atoms with E-state index in [9.17, 15) is 0 Å². The first-order chi connectivity index (χ1) is 31.2. The molecule has 4 unspecified atom stereocenters. The predicted molar refractivity (Wildman–Crippen MR) is 263 cm³/mol. The first-order valence-corrected chi connectivity index (χ1v) is 43.9. The normalized spacial score (nSPS) is 28.4. The molecule has 17 heteroatoms. The SMILES string of the molecule is CC(C)[O][Ge]1([c]2ccccc2)[O][Ge]([O]C(C)C)([c]2ccccc2)[O][Ge]2([c]3ccccc3)[O][Ge]([O]C(C)C)([c]3ccccc3)[O][Ge]([O]C(C)C)([c]3ccccc3)[O][Ge]([c]3ccccc3)([O]1)[O]2. The van der Waals surface area contributed by atoms with Crippen LogP contribution in [0.15, 0.2) is 182 Å². The molecule has 340 valence electrons. The van der Waals surface area contributed by atoms with Gasteiger partial charge in [0.25, 0.3) is 0 Å². The van der Waals surface area contributed by atoms with Crippen molar-refractivity contribution in [2.75, 3.05) is 0 Å². The van der Waals surface area contributed by atoms with Crippen LogP contribution in [0.5, 0.6) is 0 Å². The van der Waals surface area contributed by atoms with Gasteiger partial charge in [0.2, 0.25) is 0 Å². The Labute approximate surface area is 404 Å². The van der Waals surface area contributed by atoms with E-state index in [1.807, 2.05) is 237 Å². The van der Waals surface area contributed by atoms with Crippen molar-refractivity contribution in [2.24, 2.45) is 0 Å². The van der Waals surface area contributed by atoms with E-state index in [-0.39, 0.29) is 24.4 Å². The number of hydrogen-bond donors (Lipinski definition) is 0. The van der Waals surface area contributed by atoms with E-state index < -0.39 is 85.7 Å². The summed E-state index contributed by atoms with van der Waals surface area (Å²) in [5.74, 6) is 0. The van der Waals surface area contributed by atoms with Gasteiger partial charge in [0.15, 0.2) is 0 Å². The number of benzene rings is 6. The fraction of sp³-hybridized carbons (Fsp3) is 0.250. The van der Waals surface area contributed by atoms with Gasteiger partial charge in [0.1, 0.15) is 0 Å². The topological polar surface area (TPSA) is 102 Å². The van der Waals surface area contributed by atoms with Gasteiger partial charge in [-0.3, -0.25) is 0 Å². The summed E-state index contributed by atoms with van der Waals surface area (Å²) < 4.78 is 90.9. The molecule has 0 N–H and O–H groups in total. The second-order valence-electron chi connectivity index (χ2n) is 16.9. The van der Waals surface area contributed by atoms with Crippen molar-refractivity contribution in [1.82, 2.24) is 0 Å². The number of rotatable bonds is 14. The second kappa shape index (κ2) is 21.0. The molecule has 8 rings (SSSR count). The molecule has 2 heterocycles. The third-order valence-corrected chi connectivity index (χ3v) is 78.8. The molecule has 0 spiro atoms. The number of fused-ring (bicyclic) bond motifs is 2. The molecule has 0 aromatic heterocycles. The van der Waals surface area contributed by atoms with Gasteiger partial charge in [-0.2, -0.15) is 0 Å². The van der Waals surface area contributed by atoms with E-state index in [2.05, 4.69) is 0 Å². The van der Waals surface area contributed by atoms with Crippen LogP contribution in [-0.4, -0.2) is 110 Å². The van der Waals surface area contributed by atoms with E-state index in [1.165, 1.54) is 0 Å². The van der Waals surface area contributed by atoms with Crippen molar-refractivity contribution < 1.29 is 34.6 Å². The van der Waals surface area contributed by atoms with Crippen LogP contribution < -0.4 is 26.4 Å². The third kappa shape index (κ3) is 10.8. The summed E-state index contributed by atoms with van der Waals surface area (Å²) in [4.78, 5) is 0. The molecular formula is C48H58Ge6O11. The van der Waals surface area contributed by atoms with Gasteiger partial charge in [-0.15, -0.1) is 0 Å². The average Bonchev–Trinajstić information content (AvgIpc) is 3.29. The molecule has 2 bridgehead atoms. The summed E-state index contributed by atoms with van der Waals surface area (Å²) in [6, 6.07) is 59.4. The summed E-state index contributed by atoms with van der Waals surface area (Å²) in [7, 11) is 0. The zero-order valence-electron chi connectivity index (χ0n) is 38.1. The van der Waals surface area contributed by atoms with Crippen LogP contribution in [0.3, 0.4) is 0 Å². The number of hydrogen-bond acceptors (Lipinski definition) is 11. The Bertz CT molecular complexity index is 2140. The average molecular weight is 1250 g/mol. The summed E-state index contributed by atoms with van der Waals surface area (Å²) >= 11 is -31.8. The monoisotopic (exact) mass is 1250 g/mol. The molecule has 0 aliphatic carbocycles. The Hall–Kier alpha value is -1.86. The van der Waals surface area contributed by atoms with E-state index in [0.717, 1.165) is 17.6 Å². The van der Waals surface area contributed by atoms with Gasteiger partial charge in [-0.25, -0.2) is 0 Å². The van der Waals surface area contributed by atoms with Crippen LogP contribution in [0.25, 0.3) is 0 Å². The first kappa shape index (κ1) is 49.6. The van der Waals surface area contributed by atoms with Crippen LogP contribution in [0.2, 0.25) is 0 Å². The molecule has 6 aromatic carbocycles. The van der Waals surface area contributed by atoms with Crippen LogP contribution in [-0.2, 0) is 34.6 Å². The van der Waals surface area contributed by atoms with Gasteiger partial charge in [-0.1, -0.05) is 0 Å². The van der Waals surface area contributed by atoms with Gasteiger partial charge in [0, 0.05) is 0 Å². The van der Waals surface area contributed by atoms with E-state index in [4.69, 9.17) is 34.6 Å². The fourth-order valence-electron chi connectivity index (χ4n) is 7.83. The van der Waals surface area contributed by atoms with Crippen molar-refractivity contribution in [2.45, 2.75) is 79.8 Å². The Morgan fingerprint density at radius 1 is 0.246 bits per heavy atom. The van der Waals surface area contributed by atoms with Crippen molar-refractivity contribution in [1.29, 1.82) is 0 Å². The minimum absolute atomic E-state index is 0.381. The maximum absolute atomic E-state index is 8.31. The van der Waals surface area contributed by atoms with Crippen molar-refractivity contribution in [3.8, 4) is 0 Å². The van der Waals surface area contributed by atoms with Gasteiger partial charge in [-0.05, 0) is 0 Å². The van der Waals surface area contributed by atoms with Crippen LogP contribution in [0, 0.1) is 0 Å². The van der Waals surface area contributed by atoms with Crippen molar-refractivity contribution >= 4 is 112 Å². The van der Waals surface area contributed by atoms with E-state index in [0.29, 0.717) is 8.79 Å². The molecule has 4 atom stereocenters. The van der Waals surface area contributed by atoms with Crippen molar-refractivity contribution in [3.05, 3.63) is 182 Å². The Morgan fingerprint density at radius 3 is 0.615 bits per heavy atom. The fourth-order valence-corrected chi connectivity index (χ4v) is 109. The minimum atomic E-state index is -5.51. The van der Waals surface area contributed by atoms with Gasteiger partial charge >= 0.3 is 408 Å². The molecule has 2 fully saturated rings. The van der Waals surface area contributed by atoms with Gasteiger partial charge in [0.05, 0.1) is 0 Å².